The van der Waals surface area contributed by atoms with Gasteiger partial charge in [-0.3, -0.25) is 0 Å². The second-order valence-corrected chi connectivity index (χ2v) is 6.40. The van der Waals surface area contributed by atoms with E-state index < -0.39 is 6.04 Å². The summed E-state index contributed by atoms with van der Waals surface area (Å²) in [4.78, 5) is 0. The van der Waals surface area contributed by atoms with Crippen LogP contribution >= 0.6 is 43.5 Å². The largest absolute Gasteiger partial charge is 0.495 e. The topological polar surface area (TPSA) is 35.2 Å². The molecule has 1 atom stereocenters. The summed E-state index contributed by atoms with van der Waals surface area (Å²) < 4.78 is 20.2. The molecular weight excluding hydrogens is 412 g/mol. The normalized spacial score (nSPS) is 12.3. The van der Waals surface area contributed by atoms with Crippen LogP contribution in [0.25, 0.3) is 0 Å². The van der Waals surface area contributed by atoms with Crippen molar-refractivity contribution in [3.63, 3.8) is 0 Å². The molecule has 6 heteroatoms. The zero-order valence-corrected chi connectivity index (χ0v) is 14.4. The molecule has 0 fully saturated rings. The Balaban J connectivity index is 2.55. The van der Waals surface area contributed by atoms with Crippen molar-refractivity contribution >= 4 is 43.5 Å². The Morgan fingerprint density at radius 2 is 1.90 bits per heavy atom. The Bertz CT molecular complexity index is 631. The molecule has 1 unspecified atom stereocenters. The van der Waals surface area contributed by atoms with Gasteiger partial charge in [-0.25, -0.2) is 4.39 Å². The quantitative estimate of drug-likeness (QED) is 0.749. The van der Waals surface area contributed by atoms with Crippen LogP contribution in [0.15, 0.2) is 39.3 Å². The van der Waals surface area contributed by atoms with Gasteiger partial charge < -0.3 is 10.5 Å². The fraction of sp³-hybridized carbons (Fsp3) is 0.143. The van der Waals surface area contributed by atoms with Crippen LogP contribution in [0, 0.1) is 5.82 Å². The molecule has 106 valence electrons. The minimum absolute atomic E-state index is 0.357. The van der Waals surface area contributed by atoms with Gasteiger partial charge in [-0.05, 0) is 51.8 Å². The number of ether oxygens (including phenoxy) is 1. The molecule has 2 rings (SSSR count). The van der Waals surface area contributed by atoms with Crippen LogP contribution in [0.5, 0.6) is 5.75 Å². The second kappa shape index (κ2) is 6.43. The molecule has 0 saturated heterocycles. The Morgan fingerprint density at radius 3 is 2.50 bits per heavy atom. The van der Waals surface area contributed by atoms with Crippen LogP contribution < -0.4 is 10.5 Å². The molecule has 0 radical (unpaired) electrons. The highest BCUT2D eigenvalue weighted by atomic mass is 79.9. The van der Waals surface area contributed by atoms with Crippen LogP contribution in [0.4, 0.5) is 4.39 Å². The second-order valence-electron chi connectivity index (χ2n) is 4.19. The fourth-order valence-corrected chi connectivity index (χ4v) is 3.44. The van der Waals surface area contributed by atoms with E-state index in [0.29, 0.717) is 30.8 Å². The monoisotopic (exact) mass is 421 g/mol. The van der Waals surface area contributed by atoms with E-state index in [0.717, 1.165) is 0 Å². The van der Waals surface area contributed by atoms with Gasteiger partial charge in [0.25, 0.3) is 0 Å². The molecule has 0 heterocycles. The molecular formula is C14H11Br2ClFNO. The number of benzene rings is 2. The Kier molecular flexibility index (Phi) is 5.07. The number of halogens is 4. The predicted molar refractivity (Wildman–Crippen MR) is 85.8 cm³/mol. The van der Waals surface area contributed by atoms with E-state index in [4.69, 9.17) is 22.1 Å². The summed E-state index contributed by atoms with van der Waals surface area (Å²) in [7, 11) is 1.55. The number of nitrogens with two attached hydrogens (primary N) is 1. The molecule has 0 bridgehead atoms. The number of hydrogen-bond donors (Lipinski definition) is 1. The first-order chi connectivity index (χ1) is 9.42. The maximum absolute atomic E-state index is 13.5. The van der Waals surface area contributed by atoms with E-state index in [9.17, 15) is 4.39 Å². The molecule has 0 spiro atoms. The van der Waals surface area contributed by atoms with Gasteiger partial charge in [0.1, 0.15) is 11.6 Å². The van der Waals surface area contributed by atoms with Crippen LogP contribution in [0.3, 0.4) is 0 Å². The highest BCUT2D eigenvalue weighted by Crippen LogP contribution is 2.37. The first-order valence-corrected chi connectivity index (χ1v) is 7.63. The predicted octanol–water partition coefficient (Wildman–Crippen LogP) is 5.06. The van der Waals surface area contributed by atoms with E-state index in [2.05, 4.69) is 31.9 Å². The highest BCUT2D eigenvalue weighted by Gasteiger charge is 2.18. The lowest BCUT2D eigenvalue weighted by Gasteiger charge is -2.18. The van der Waals surface area contributed by atoms with Gasteiger partial charge in [0.15, 0.2) is 0 Å². The van der Waals surface area contributed by atoms with Gasteiger partial charge in [0.05, 0.1) is 17.6 Å². The Hall–Kier alpha value is -0.620. The summed E-state index contributed by atoms with van der Waals surface area (Å²) in [5.41, 5.74) is 7.53. The lowest BCUT2D eigenvalue weighted by atomic mass is 9.98. The summed E-state index contributed by atoms with van der Waals surface area (Å²) >= 11 is 12.7. The van der Waals surface area contributed by atoms with Crippen molar-refractivity contribution in [1.82, 2.24) is 0 Å². The van der Waals surface area contributed by atoms with E-state index in [1.165, 1.54) is 12.1 Å². The van der Waals surface area contributed by atoms with Crippen LogP contribution in [-0.4, -0.2) is 7.11 Å². The fourth-order valence-electron chi connectivity index (χ4n) is 1.96. The van der Waals surface area contributed by atoms with Gasteiger partial charge >= 0.3 is 0 Å². The van der Waals surface area contributed by atoms with Gasteiger partial charge in [-0.2, -0.15) is 0 Å². The molecule has 2 N–H and O–H groups in total. The third-order valence-corrected chi connectivity index (χ3v) is 4.09. The third kappa shape index (κ3) is 3.34. The molecule has 0 amide bonds. The van der Waals surface area contributed by atoms with Crippen LogP contribution in [-0.2, 0) is 0 Å². The molecule has 0 saturated carbocycles. The summed E-state index contributed by atoms with van der Waals surface area (Å²) in [5, 5.41) is 0.526. The maximum Gasteiger partial charge on any atom is 0.138 e. The van der Waals surface area contributed by atoms with E-state index in [1.54, 1.807) is 25.3 Å². The summed E-state index contributed by atoms with van der Waals surface area (Å²) in [6, 6.07) is 7.42. The van der Waals surface area contributed by atoms with Crippen molar-refractivity contribution in [3.8, 4) is 5.75 Å². The van der Waals surface area contributed by atoms with Gasteiger partial charge in [-0.1, -0.05) is 27.5 Å². The van der Waals surface area contributed by atoms with E-state index in [-0.39, 0.29) is 5.82 Å². The number of methoxy groups -OCH3 is 1. The van der Waals surface area contributed by atoms with Crippen molar-refractivity contribution in [1.29, 1.82) is 0 Å². The summed E-state index contributed by atoms with van der Waals surface area (Å²) in [6.45, 7) is 0. The highest BCUT2D eigenvalue weighted by molar-refractivity contribution is 9.10. The molecule has 0 aliphatic rings. The van der Waals surface area contributed by atoms with Gasteiger partial charge in [0, 0.05) is 15.1 Å². The van der Waals surface area contributed by atoms with Crippen LogP contribution in [0.1, 0.15) is 17.2 Å². The van der Waals surface area contributed by atoms with Crippen molar-refractivity contribution in [3.05, 3.63) is 61.2 Å². The zero-order chi connectivity index (χ0) is 14.9. The number of rotatable bonds is 3. The number of hydrogen-bond acceptors (Lipinski definition) is 2. The zero-order valence-electron chi connectivity index (χ0n) is 10.5. The minimum atomic E-state index is -0.549. The summed E-state index contributed by atoms with van der Waals surface area (Å²) in [6.07, 6.45) is 0. The smallest absolute Gasteiger partial charge is 0.138 e. The lowest BCUT2D eigenvalue weighted by molar-refractivity contribution is 0.405. The SMILES string of the molecule is COc1c(Br)cc(Cl)cc1C(N)c1cc(F)cc(Br)c1. The molecule has 2 aromatic rings. The lowest BCUT2D eigenvalue weighted by Crippen LogP contribution is -2.13. The molecule has 0 aliphatic carbocycles. The Morgan fingerprint density at radius 1 is 1.20 bits per heavy atom. The standard InChI is InChI=1S/C14H11Br2ClFNO/c1-20-14-11(5-9(17)6-12(14)16)13(19)7-2-8(15)4-10(18)3-7/h2-6,13H,19H2,1H3. The molecule has 2 aromatic carbocycles. The van der Waals surface area contributed by atoms with Crippen molar-refractivity contribution in [2.24, 2.45) is 5.73 Å². The average molecular weight is 424 g/mol. The average Bonchev–Trinajstić information content (AvgIpc) is 2.35. The molecule has 20 heavy (non-hydrogen) atoms. The van der Waals surface area contributed by atoms with E-state index >= 15 is 0 Å². The molecule has 0 aromatic heterocycles. The van der Waals surface area contributed by atoms with Crippen molar-refractivity contribution in [2.45, 2.75) is 6.04 Å². The first kappa shape index (κ1) is 15.8. The maximum atomic E-state index is 13.5. The third-order valence-electron chi connectivity index (χ3n) is 2.82. The van der Waals surface area contributed by atoms with Crippen LogP contribution in [0.2, 0.25) is 5.02 Å². The van der Waals surface area contributed by atoms with E-state index in [1.807, 2.05) is 0 Å². The van der Waals surface area contributed by atoms with Gasteiger partial charge in [0.2, 0.25) is 0 Å². The summed E-state index contributed by atoms with van der Waals surface area (Å²) in [5.74, 6) is 0.229. The Labute approximate surface area is 138 Å². The minimum Gasteiger partial charge on any atom is -0.495 e. The van der Waals surface area contributed by atoms with Crippen molar-refractivity contribution in [2.75, 3.05) is 7.11 Å². The van der Waals surface area contributed by atoms with Crippen molar-refractivity contribution < 1.29 is 9.13 Å². The molecule has 0 aliphatic heterocycles. The first-order valence-electron chi connectivity index (χ1n) is 5.67. The molecule has 2 nitrogen and oxygen atoms in total. The van der Waals surface area contributed by atoms with Gasteiger partial charge in [-0.15, -0.1) is 0 Å².